The number of hydrazine groups is 1. The minimum Gasteiger partial charge on any atom is -0.497 e. The quantitative estimate of drug-likeness (QED) is 0.734. The van der Waals surface area contributed by atoms with Gasteiger partial charge in [0.1, 0.15) is 11.0 Å². The number of hydrogen-bond acceptors (Lipinski definition) is 5. The van der Waals surface area contributed by atoms with Crippen molar-refractivity contribution < 1.29 is 13.2 Å². The van der Waals surface area contributed by atoms with Gasteiger partial charge in [-0.15, -0.1) is 0 Å². The number of benzene rings is 1. The lowest BCUT2D eigenvalue weighted by atomic mass is 10.3. The number of sulfonamides is 1. The number of ether oxygens (including phenoxy) is 1. The van der Waals surface area contributed by atoms with Crippen molar-refractivity contribution in [2.45, 2.75) is 18.2 Å². The highest BCUT2D eigenvalue weighted by Gasteiger charge is 2.34. The summed E-state index contributed by atoms with van der Waals surface area (Å²) in [5.41, 5.74) is 6.24. The summed E-state index contributed by atoms with van der Waals surface area (Å²) in [4.78, 5) is 0. The third-order valence-electron chi connectivity index (χ3n) is 2.92. The monoisotopic (exact) mass is 271 g/mol. The van der Waals surface area contributed by atoms with Crippen molar-refractivity contribution in [3.63, 3.8) is 0 Å². The Morgan fingerprint density at radius 1 is 1.44 bits per heavy atom. The maximum Gasteiger partial charge on any atom is 0.238 e. The van der Waals surface area contributed by atoms with Crippen LogP contribution < -0.4 is 20.3 Å². The Morgan fingerprint density at radius 3 is 2.83 bits per heavy atom. The van der Waals surface area contributed by atoms with Crippen LogP contribution >= 0.6 is 0 Å². The van der Waals surface area contributed by atoms with Crippen LogP contribution in [0.25, 0.3) is 0 Å². The van der Waals surface area contributed by atoms with Gasteiger partial charge in [-0.2, -0.15) is 0 Å². The molecule has 0 saturated carbocycles. The highest BCUT2D eigenvalue weighted by Crippen LogP contribution is 2.20. The molecule has 0 radical (unpaired) electrons. The van der Waals surface area contributed by atoms with Crippen molar-refractivity contribution in [2.75, 3.05) is 18.4 Å². The lowest BCUT2D eigenvalue weighted by Gasteiger charge is -2.16. The van der Waals surface area contributed by atoms with Crippen LogP contribution in [0, 0.1) is 0 Å². The molecule has 1 saturated heterocycles. The highest BCUT2D eigenvalue weighted by atomic mass is 32.2. The molecule has 1 heterocycles. The van der Waals surface area contributed by atoms with Crippen LogP contribution in [0.4, 0.5) is 5.69 Å². The normalized spacial score (nSPS) is 23.9. The standard InChI is InChI=1S/C11H17N3O3S/c1-8-11(7-12-13-8)18(15,16)14-9-4-3-5-10(6-9)17-2/h3-6,8,11-14H,7H2,1-2H3. The van der Waals surface area contributed by atoms with Crippen molar-refractivity contribution in [1.82, 2.24) is 10.9 Å². The Labute approximate surface area is 107 Å². The molecule has 2 atom stereocenters. The van der Waals surface area contributed by atoms with Gasteiger partial charge in [0.05, 0.1) is 12.8 Å². The van der Waals surface area contributed by atoms with E-state index >= 15 is 0 Å². The molecule has 100 valence electrons. The zero-order valence-electron chi connectivity index (χ0n) is 10.3. The number of nitrogens with one attached hydrogen (secondary N) is 3. The minimum absolute atomic E-state index is 0.131. The van der Waals surface area contributed by atoms with Gasteiger partial charge in [-0.3, -0.25) is 15.6 Å². The lowest BCUT2D eigenvalue weighted by molar-refractivity contribution is 0.415. The second-order valence-electron chi connectivity index (χ2n) is 4.23. The molecule has 2 rings (SSSR count). The summed E-state index contributed by atoms with van der Waals surface area (Å²) >= 11 is 0. The van der Waals surface area contributed by atoms with Gasteiger partial charge in [0, 0.05) is 18.7 Å². The van der Waals surface area contributed by atoms with Crippen molar-refractivity contribution in [1.29, 1.82) is 0 Å². The van der Waals surface area contributed by atoms with Gasteiger partial charge < -0.3 is 4.74 Å². The zero-order chi connectivity index (χ0) is 13.2. The van der Waals surface area contributed by atoms with Gasteiger partial charge in [-0.1, -0.05) is 6.07 Å². The first-order valence-electron chi connectivity index (χ1n) is 5.67. The van der Waals surface area contributed by atoms with Crippen LogP contribution in [-0.4, -0.2) is 33.4 Å². The number of methoxy groups -OCH3 is 1. The van der Waals surface area contributed by atoms with Crippen LogP contribution in [0.15, 0.2) is 24.3 Å². The Hall–Kier alpha value is -1.31. The Balaban J connectivity index is 2.16. The smallest absolute Gasteiger partial charge is 0.238 e. The van der Waals surface area contributed by atoms with Gasteiger partial charge in [0.15, 0.2) is 0 Å². The molecule has 1 fully saturated rings. The second kappa shape index (κ2) is 5.13. The topological polar surface area (TPSA) is 79.5 Å². The van der Waals surface area contributed by atoms with Crippen LogP contribution in [0.5, 0.6) is 5.75 Å². The van der Waals surface area contributed by atoms with Crippen molar-refractivity contribution in [3.8, 4) is 5.75 Å². The lowest BCUT2D eigenvalue weighted by Crippen LogP contribution is -2.38. The van der Waals surface area contributed by atoms with E-state index in [1.165, 1.54) is 0 Å². The summed E-state index contributed by atoms with van der Waals surface area (Å²) in [6.45, 7) is 2.22. The fourth-order valence-corrected chi connectivity index (χ4v) is 3.41. The predicted octanol–water partition coefficient (Wildman–Crippen LogP) is 0.302. The molecule has 2 unspecified atom stereocenters. The van der Waals surface area contributed by atoms with Gasteiger partial charge in [-0.05, 0) is 19.1 Å². The number of hydrogen-bond donors (Lipinski definition) is 3. The van der Waals surface area contributed by atoms with E-state index < -0.39 is 15.3 Å². The Kier molecular flexibility index (Phi) is 3.74. The van der Waals surface area contributed by atoms with Gasteiger partial charge in [0.25, 0.3) is 0 Å². The molecule has 0 bridgehead atoms. The van der Waals surface area contributed by atoms with E-state index in [-0.39, 0.29) is 6.04 Å². The molecule has 18 heavy (non-hydrogen) atoms. The summed E-state index contributed by atoms with van der Waals surface area (Å²) in [5, 5.41) is -0.497. The first-order chi connectivity index (χ1) is 8.53. The SMILES string of the molecule is COc1cccc(NS(=O)(=O)C2CNNC2C)c1. The van der Waals surface area contributed by atoms with E-state index in [2.05, 4.69) is 15.6 Å². The maximum atomic E-state index is 12.2. The van der Waals surface area contributed by atoms with E-state index in [0.29, 0.717) is 18.0 Å². The molecule has 1 aliphatic rings. The fourth-order valence-electron chi connectivity index (χ4n) is 1.90. The third-order valence-corrected chi connectivity index (χ3v) is 4.81. The van der Waals surface area contributed by atoms with E-state index in [1.807, 2.05) is 6.92 Å². The first kappa shape index (κ1) is 13.1. The summed E-state index contributed by atoms with van der Waals surface area (Å²) in [6, 6.07) is 6.72. The Morgan fingerprint density at radius 2 is 2.22 bits per heavy atom. The average Bonchev–Trinajstić information content (AvgIpc) is 2.76. The molecule has 1 aromatic carbocycles. The first-order valence-corrected chi connectivity index (χ1v) is 7.21. The maximum absolute atomic E-state index is 12.2. The molecular weight excluding hydrogens is 254 g/mol. The van der Waals surface area contributed by atoms with Crippen molar-refractivity contribution in [2.24, 2.45) is 0 Å². The minimum atomic E-state index is -3.42. The number of anilines is 1. The largest absolute Gasteiger partial charge is 0.497 e. The van der Waals surface area contributed by atoms with Crippen molar-refractivity contribution >= 4 is 15.7 Å². The Bertz CT molecular complexity index is 518. The van der Waals surface area contributed by atoms with Crippen LogP contribution in [0.1, 0.15) is 6.92 Å². The molecule has 7 heteroatoms. The predicted molar refractivity (Wildman–Crippen MR) is 69.9 cm³/mol. The van der Waals surface area contributed by atoms with Gasteiger partial charge in [-0.25, -0.2) is 8.42 Å². The van der Waals surface area contributed by atoms with Gasteiger partial charge >= 0.3 is 0 Å². The molecule has 0 amide bonds. The molecule has 3 N–H and O–H groups in total. The fraction of sp³-hybridized carbons (Fsp3) is 0.455. The zero-order valence-corrected chi connectivity index (χ0v) is 11.1. The van der Waals surface area contributed by atoms with Crippen molar-refractivity contribution in [3.05, 3.63) is 24.3 Å². The molecule has 6 nitrogen and oxygen atoms in total. The molecule has 0 aromatic heterocycles. The van der Waals surface area contributed by atoms with Crippen LogP contribution in [0.3, 0.4) is 0 Å². The second-order valence-corrected chi connectivity index (χ2v) is 6.13. The molecule has 1 aliphatic heterocycles. The molecule has 1 aromatic rings. The van der Waals surface area contributed by atoms with E-state index in [1.54, 1.807) is 31.4 Å². The summed E-state index contributed by atoms with van der Waals surface area (Å²) < 4.78 is 32.0. The average molecular weight is 271 g/mol. The summed E-state index contributed by atoms with van der Waals surface area (Å²) in [5.74, 6) is 0.617. The van der Waals surface area contributed by atoms with E-state index in [0.717, 1.165) is 0 Å². The number of rotatable bonds is 4. The van der Waals surface area contributed by atoms with E-state index in [9.17, 15) is 8.42 Å². The van der Waals surface area contributed by atoms with Crippen LogP contribution in [0.2, 0.25) is 0 Å². The molecule has 0 spiro atoms. The summed E-state index contributed by atoms with van der Waals surface area (Å²) in [6.07, 6.45) is 0. The highest BCUT2D eigenvalue weighted by molar-refractivity contribution is 7.93. The summed E-state index contributed by atoms with van der Waals surface area (Å²) in [7, 11) is -1.88. The van der Waals surface area contributed by atoms with Crippen LogP contribution in [-0.2, 0) is 10.0 Å². The molecular formula is C11H17N3O3S. The third kappa shape index (κ3) is 2.74. The van der Waals surface area contributed by atoms with E-state index in [4.69, 9.17) is 4.74 Å². The van der Waals surface area contributed by atoms with Gasteiger partial charge in [0.2, 0.25) is 10.0 Å². The molecule has 0 aliphatic carbocycles.